The normalized spacial score (nSPS) is 10.4. The van der Waals surface area contributed by atoms with Gasteiger partial charge in [0.25, 0.3) is 0 Å². The minimum atomic E-state index is -0.0206. The van der Waals surface area contributed by atoms with Crippen molar-refractivity contribution in [2.75, 3.05) is 20.2 Å². The summed E-state index contributed by atoms with van der Waals surface area (Å²) in [5.74, 6) is 0.655. The molecule has 1 amide bonds. The molecule has 2 aromatic rings. The van der Waals surface area contributed by atoms with Gasteiger partial charge in [0.1, 0.15) is 5.75 Å². The number of benzene rings is 2. The number of ether oxygens (including phenoxy) is 1. The Hall–Kier alpha value is -2.62. The molecule has 0 saturated carbocycles. The molecule has 132 valence electrons. The molecule has 25 heavy (non-hydrogen) atoms. The third-order valence-corrected chi connectivity index (χ3v) is 4.28. The molecule has 0 N–H and O–H groups in total. The van der Waals surface area contributed by atoms with Crippen LogP contribution in [0.5, 0.6) is 5.75 Å². The van der Waals surface area contributed by atoms with Crippen LogP contribution in [0.4, 0.5) is 0 Å². The van der Waals surface area contributed by atoms with Gasteiger partial charge in [0.15, 0.2) is 5.78 Å². The zero-order valence-corrected chi connectivity index (χ0v) is 15.1. The van der Waals surface area contributed by atoms with Gasteiger partial charge in [-0.15, -0.1) is 0 Å². The molecule has 0 atom stereocenters. The molecule has 0 aliphatic rings. The van der Waals surface area contributed by atoms with Crippen molar-refractivity contribution in [2.45, 2.75) is 26.7 Å². The molecule has 0 radical (unpaired) electrons. The Morgan fingerprint density at radius 2 is 1.80 bits per heavy atom. The summed E-state index contributed by atoms with van der Waals surface area (Å²) in [6.45, 7) is 4.83. The molecule has 0 heterocycles. The van der Waals surface area contributed by atoms with Crippen LogP contribution in [0.2, 0.25) is 0 Å². The molecule has 4 heteroatoms. The number of nitrogens with zero attached hydrogens (tertiary/aromatic N) is 1. The van der Waals surface area contributed by atoms with Gasteiger partial charge < -0.3 is 9.64 Å². The first kappa shape index (κ1) is 18.7. The summed E-state index contributed by atoms with van der Waals surface area (Å²) in [4.78, 5) is 26.1. The van der Waals surface area contributed by atoms with E-state index in [-0.39, 0.29) is 18.1 Å². The van der Waals surface area contributed by atoms with E-state index in [1.54, 1.807) is 25.3 Å². The van der Waals surface area contributed by atoms with Crippen molar-refractivity contribution in [3.05, 3.63) is 65.2 Å². The average Bonchev–Trinajstić information content (AvgIpc) is 2.63. The summed E-state index contributed by atoms with van der Waals surface area (Å²) in [5.41, 5.74) is 2.55. The lowest BCUT2D eigenvalue weighted by Gasteiger charge is -2.21. The Balaban J connectivity index is 2.08. The molecule has 0 aliphatic heterocycles. The lowest BCUT2D eigenvalue weighted by Crippen LogP contribution is -2.34. The zero-order valence-electron chi connectivity index (χ0n) is 15.1. The maximum Gasteiger partial charge on any atom is 0.227 e. The maximum atomic E-state index is 12.7. The van der Waals surface area contributed by atoms with E-state index in [1.165, 1.54) is 12.5 Å². The molecule has 0 aliphatic carbocycles. The zero-order chi connectivity index (χ0) is 18.2. The van der Waals surface area contributed by atoms with Crippen molar-refractivity contribution in [1.29, 1.82) is 0 Å². The van der Waals surface area contributed by atoms with Gasteiger partial charge in [-0.3, -0.25) is 9.59 Å². The summed E-state index contributed by atoms with van der Waals surface area (Å²) < 4.78 is 5.34. The number of carbonyl (C=O) groups excluding carboxylic acids is 2. The summed E-state index contributed by atoms with van der Waals surface area (Å²) in [5, 5.41) is 0. The highest BCUT2D eigenvalue weighted by Gasteiger charge is 2.16. The van der Waals surface area contributed by atoms with Gasteiger partial charge in [-0.2, -0.15) is 0 Å². The second kappa shape index (κ2) is 9.02. The number of rotatable bonds is 8. The van der Waals surface area contributed by atoms with Crippen molar-refractivity contribution < 1.29 is 14.3 Å². The first-order valence-corrected chi connectivity index (χ1v) is 8.54. The Bertz CT molecular complexity index is 725. The fraction of sp³-hybridized carbons (Fsp3) is 0.333. The minimum Gasteiger partial charge on any atom is -0.496 e. The predicted octanol–water partition coefficient (Wildman–Crippen LogP) is 3.53. The van der Waals surface area contributed by atoms with Crippen molar-refractivity contribution in [2.24, 2.45) is 0 Å². The average molecular weight is 339 g/mol. The van der Waals surface area contributed by atoms with E-state index >= 15 is 0 Å². The third-order valence-electron chi connectivity index (χ3n) is 4.28. The van der Waals surface area contributed by atoms with Gasteiger partial charge in [0.2, 0.25) is 5.91 Å². The summed E-state index contributed by atoms with van der Waals surface area (Å²) in [7, 11) is 1.57. The van der Waals surface area contributed by atoms with Gasteiger partial charge in [0.05, 0.1) is 13.5 Å². The number of methoxy groups -OCH3 is 1. The highest BCUT2D eigenvalue weighted by atomic mass is 16.5. The molecule has 0 aromatic heterocycles. The van der Waals surface area contributed by atoms with E-state index in [9.17, 15) is 9.59 Å². The largest absolute Gasteiger partial charge is 0.496 e. The van der Waals surface area contributed by atoms with Crippen LogP contribution >= 0.6 is 0 Å². The smallest absolute Gasteiger partial charge is 0.227 e. The second-order valence-electron chi connectivity index (χ2n) is 5.97. The van der Waals surface area contributed by atoms with E-state index in [0.29, 0.717) is 24.4 Å². The molecule has 0 fully saturated rings. The van der Waals surface area contributed by atoms with Crippen LogP contribution in [-0.2, 0) is 17.6 Å². The van der Waals surface area contributed by atoms with Crippen LogP contribution in [-0.4, -0.2) is 36.8 Å². The summed E-state index contributed by atoms with van der Waals surface area (Å²) in [6.07, 6.45) is 1.05. The molecule has 2 rings (SSSR count). The molecule has 4 nitrogen and oxygen atoms in total. The van der Waals surface area contributed by atoms with Crippen molar-refractivity contribution in [1.82, 2.24) is 4.90 Å². The van der Waals surface area contributed by atoms with Crippen LogP contribution in [0.25, 0.3) is 0 Å². The number of hydrogen-bond acceptors (Lipinski definition) is 3. The molecule has 0 saturated heterocycles. The first-order chi connectivity index (χ1) is 12.0. The van der Waals surface area contributed by atoms with Gasteiger partial charge in [-0.25, -0.2) is 0 Å². The predicted molar refractivity (Wildman–Crippen MR) is 99.1 cm³/mol. The fourth-order valence-electron chi connectivity index (χ4n) is 2.78. The number of ketones is 1. The summed E-state index contributed by atoms with van der Waals surface area (Å²) >= 11 is 0. The van der Waals surface area contributed by atoms with E-state index < -0.39 is 0 Å². The van der Waals surface area contributed by atoms with Crippen molar-refractivity contribution in [3.8, 4) is 5.75 Å². The fourth-order valence-corrected chi connectivity index (χ4v) is 2.78. The number of likely N-dealkylation sites (N-methyl/N-ethyl adjacent to an activating group) is 1. The van der Waals surface area contributed by atoms with Crippen molar-refractivity contribution >= 4 is 11.7 Å². The number of carbonyl (C=O) groups is 2. The first-order valence-electron chi connectivity index (χ1n) is 8.54. The van der Waals surface area contributed by atoms with E-state index in [0.717, 1.165) is 12.0 Å². The molecular formula is C21H25NO3. The molecule has 2 aromatic carbocycles. The topological polar surface area (TPSA) is 46.6 Å². The third kappa shape index (κ3) is 5.18. The highest BCUT2D eigenvalue weighted by Crippen LogP contribution is 2.21. The number of hydrogen-bond donors (Lipinski definition) is 0. The van der Waals surface area contributed by atoms with Crippen LogP contribution in [0.3, 0.4) is 0 Å². The molecule has 0 spiro atoms. The van der Waals surface area contributed by atoms with Gasteiger partial charge in [-0.1, -0.05) is 30.3 Å². The molecular weight excluding hydrogens is 314 g/mol. The van der Waals surface area contributed by atoms with E-state index in [1.807, 2.05) is 30.0 Å². The Morgan fingerprint density at radius 3 is 2.40 bits per heavy atom. The summed E-state index contributed by atoms with van der Waals surface area (Å²) in [6, 6.07) is 15.4. The SMILES string of the molecule is CCN(CCc1ccccc1)C(=O)Cc1cc(C(C)=O)ccc1OC. The second-order valence-corrected chi connectivity index (χ2v) is 5.97. The van der Waals surface area contributed by atoms with Crippen LogP contribution in [0.1, 0.15) is 35.3 Å². The van der Waals surface area contributed by atoms with Crippen LogP contribution in [0.15, 0.2) is 48.5 Å². The van der Waals surface area contributed by atoms with E-state index in [2.05, 4.69) is 12.1 Å². The van der Waals surface area contributed by atoms with Crippen molar-refractivity contribution in [3.63, 3.8) is 0 Å². The lowest BCUT2D eigenvalue weighted by molar-refractivity contribution is -0.130. The minimum absolute atomic E-state index is 0.0206. The number of amides is 1. The Labute approximate surface area is 149 Å². The Kier molecular flexibility index (Phi) is 6.75. The number of Topliss-reactive ketones (excluding diaryl/α,β-unsaturated/α-hetero) is 1. The van der Waals surface area contributed by atoms with Gasteiger partial charge in [0, 0.05) is 24.2 Å². The quantitative estimate of drug-likeness (QED) is 0.691. The van der Waals surface area contributed by atoms with Gasteiger partial charge in [-0.05, 0) is 44.0 Å². The molecule has 0 unspecified atom stereocenters. The van der Waals surface area contributed by atoms with Crippen LogP contribution < -0.4 is 4.74 Å². The highest BCUT2D eigenvalue weighted by molar-refractivity contribution is 5.94. The molecule has 0 bridgehead atoms. The van der Waals surface area contributed by atoms with Crippen LogP contribution in [0, 0.1) is 0 Å². The monoisotopic (exact) mass is 339 g/mol. The lowest BCUT2D eigenvalue weighted by atomic mass is 10.0. The maximum absolute atomic E-state index is 12.7. The Morgan fingerprint density at radius 1 is 1.08 bits per heavy atom. The standard InChI is InChI=1S/C21H25NO3/c1-4-22(13-12-17-8-6-5-7-9-17)21(24)15-19-14-18(16(2)23)10-11-20(19)25-3/h5-11,14H,4,12-13,15H2,1-3H3. The van der Waals surface area contributed by atoms with Gasteiger partial charge >= 0.3 is 0 Å². The van der Waals surface area contributed by atoms with E-state index in [4.69, 9.17) is 4.74 Å².